The molecule has 0 saturated carbocycles. The van der Waals surface area contributed by atoms with E-state index in [-0.39, 0.29) is 6.04 Å². The smallest absolute Gasteiger partial charge is 0.475 e. The van der Waals surface area contributed by atoms with Crippen molar-refractivity contribution in [1.82, 2.24) is 14.9 Å². The van der Waals surface area contributed by atoms with Gasteiger partial charge in [-0.1, -0.05) is 24.6 Å². The highest BCUT2D eigenvalue weighted by Crippen LogP contribution is 2.36. The average Bonchev–Trinajstić information content (AvgIpc) is 3.65. The number of carboxylic acids is 1. The van der Waals surface area contributed by atoms with Gasteiger partial charge in [0.2, 0.25) is 0 Å². The molecule has 0 amide bonds. The molecule has 5 rings (SSSR count). The van der Waals surface area contributed by atoms with Gasteiger partial charge in [-0.3, -0.25) is 9.21 Å². The Morgan fingerprint density at radius 2 is 1.88 bits per heavy atom. The number of aliphatic carboxylic acids is 1. The number of aromatic nitrogens is 2. The molecule has 1 fully saturated rings. The average molecular weight is 615 g/mol. The van der Waals surface area contributed by atoms with E-state index in [1.165, 1.54) is 39.8 Å². The number of alkyl halides is 3. The fourth-order valence-electron chi connectivity index (χ4n) is 4.47. The van der Waals surface area contributed by atoms with Crippen LogP contribution in [0.2, 0.25) is 0 Å². The molecule has 4 heterocycles. The number of benzene rings is 1. The van der Waals surface area contributed by atoms with Crippen LogP contribution in [0.4, 0.5) is 18.9 Å². The molecule has 0 spiro atoms. The minimum Gasteiger partial charge on any atom is -0.475 e. The number of H-pyrrole nitrogens is 1. The summed E-state index contributed by atoms with van der Waals surface area (Å²) in [6.07, 6.45) is 0.772. The third-order valence-electron chi connectivity index (χ3n) is 6.20. The quantitative estimate of drug-likeness (QED) is 0.244. The second kappa shape index (κ2) is 12.3. The summed E-state index contributed by atoms with van der Waals surface area (Å²) in [7, 11) is -3.66. The van der Waals surface area contributed by atoms with Gasteiger partial charge in [0, 0.05) is 29.0 Å². The van der Waals surface area contributed by atoms with E-state index < -0.39 is 22.2 Å². The van der Waals surface area contributed by atoms with Crippen LogP contribution in [0.25, 0.3) is 21.6 Å². The summed E-state index contributed by atoms with van der Waals surface area (Å²) >= 11 is 2.95. The zero-order valence-electron chi connectivity index (χ0n) is 21.8. The van der Waals surface area contributed by atoms with Crippen molar-refractivity contribution in [3.63, 3.8) is 0 Å². The number of para-hydroxylation sites is 1. The number of thiophene rings is 1. The molecule has 0 radical (unpaired) electrons. The van der Waals surface area contributed by atoms with Gasteiger partial charge < -0.3 is 10.1 Å². The number of hydrogen-bond acceptors (Lipinski definition) is 7. The lowest BCUT2D eigenvalue weighted by Gasteiger charge is -2.28. The van der Waals surface area contributed by atoms with Gasteiger partial charge in [-0.2, -0.15) is 13.2 Å². The predicted molar refractivity (Wildman–Crippen MR) is 151 cm³/mol. The first-order chi connectivity index (χ1) is 18.9. The van der Waals surface area contributed by atoms with Crippen molar-refractivity contribution < 1.29 is 31.5 Å². The number of fused-ring (bicyclic) bond motifs is 1. The van der Waals surface area contributed by atoms with Crippen molar-refractivity contribution >= 4 is 55.3 Å². The second-order valence-electron chi connectivity index (χ2n) is 9.52. The third kappa shape index (κ3) is 6.85. The minimum atomic E-state index is -5.08. The van der Waals surface area contributed by atoms with E-state index in [4.69, 9.17) is 9.90 Å². The first kappa shape index (κ1) is 30.0. The normalized spacial score (nSPS) is 14.8. The Hall–Kier alpha value is -2.94. The molecule has 4 aromatic rings. The molecule has 3 aromatic heterocycles. The molecule has 1 aliphatic rings. The van der Waals surface area contributed by atoms with Crippen LogP contribution in [0, 0.1) is 0 Å². The number of anilines is 1. The Morgan fingerprint density at radius 1 is 1.18 bits per heavy atom. The fraction of sp³-hybridized carbons (Fsp3) is 0.385. The third-order valence-corrected chi connectivity index (χ3v) is 10.6. The number of carboxylic acid groups (broad SMARTS) is 1. The number of carbonyl (C=O) groups is 1. The summed E-state index contributed by atoms with van der Waals surface area (Å²) in [6.45, 7) is 7.08. The highest BCUT2D eigenvalue weighted by Gasteiger charge is 2.38. The van der Waals surface area contributed by atoms with Crippen LogP contribution < -0.4 is 4.31 Å². The van der Waals surface area contributed by atoms with E-state index in [1.54, 1.807) is 28.8 Å². The molecule has 0 atom stereocenters. The van der Waals surface area contributed by atoms with Gasteiger partial charge in [0.1, 0.15) is 9.22 Å². The first-order valence-corrected chi connectivity index (χ1v) is 15.7. The van der Waals surface area contributed by atoms with Gasteiger partial charge in [0.05, 0.1) is 16.9 Å². The van der Waals surface area contributed by atoms with Crippen LogP contribution in [0.1, 0.15) is 38.0 Å². The molecule has 1 aliphatic heterocycles. The molecular formula is C26H29F3N4O4S3. The number of thiazole rings is 1. The standard InChI is InChI=1S/C24H28N4O2S3.C2HF3O2/c1-17(2)28(33(29,30)22-10-7-13-31-22)21-9-6-8-18-14-20(26-23(18)21)24-25-15-19(32-24)16-27-11-4-3-5-12-27;3-2(4,5)1(6)7/h6-10,13-15,17,26H,3-5,11-12,16H2,1-2H3;(H,6,7). The van der Waals surface area contributed by atoms with E-state index in [9.17, 15) is 21.6 Å². The monoisotopic (exact) mass is 614 g/mol. The number of sulfonamides is 1. The lowest BCUT2D eigenvalue weighted by molar-refractivity contribution is -0.192. The summed E-state index contributed by atoms with van der Waals surface area (Å²) in [6, 6.07) is 11.1. The maximum Gasteiger partial charge on any atom is 0.490 e. The Morgan fingerprint density at radius 3 is 2.48 bits per heavy atom. The fourth-order valence-corrected chi connectivity index (χ4v) is 8.15. The lowest BCUT2D eigenvalue weighted by atomic mass is 10.1. The van der Waals surface area contributed by atoms with E-state index in [0.717, 1.165) is 41.2 Å². The van der Waals surface area contributed by atoms with Crippen LogP contribution >= 0.6 is 22.7 Å². The maximum absolute atomic E-state index is 13.5. The zero-order chi connectivity index (χ0) is 29.1. The molecule has 0 unspecified atom stereocenters. The number of nitrogens with one attached hydrogen (secondary N) is 1. The molecule has 1 saturated heterocycles. The van der Waals surface area contributed by atoms with Crippen LogP contribution in [-0.4, -0.2) is 59.7 Å². The maximum atomic E-state index is 13.5. The Balaban J connectivity index is 0.000000470. The van der Waals surface area contributed by atoms with Crippen molar-refractivity contribution in [2.75, 3.05) is 17.4 Å². The van der Waals surface area contributed by atoms with Gasteiger partial charge in [-0.15, -0.1) is 22.7 Å². The number of hydrogen-bond donors (Lipinski definition) is 2. The lowest BCUT2D eigenvalue weighted by Crippen LogP contribution is -2.36. The molecule has 216 valence electrons. The highest BCUT2D eigenvalue weighted by atomic mass is 32.2. The topological polar surface area (TPSA) is 107 Å². The van der Waals surface area contributed by atoms with E-state index in [1.807, 2.05) is 38.2 Å². The number of piperidine rings is 1. The van der Waals surface area contributed by atoms with Crippen molar-refractivity contribution in [2.45, 2.75) is 56.1 Å². The Kier molecular flexibility index (Phi) is 9.22. The number of rotatable bonds is 7. The van der Waals surface area contributed by atoms with Gasteiger partial charge >= 0.3 is 12.1 Å². The number of nitrogens with zero attached hydrogens (tertiary/aromatic N) is 3. The summed E-state index contributed by atoms with van der Waals surface area (Å²) in [5.41, 5.74) is 2.39. The van der Waals surface area contributed by atoms with Gasteiger partial charge in [-0.25, -0.2) is 18.2 Å². The molecule has 2 N–H and O–H groups in total. The first-order valence-electron chi connectivity index (χ1n) is 12.5. The second-order valence-corrected chi connectivity index (χ2v) is 13.6. The summed E-state index contributed by atoms with van der Waals surface area (Å²) in [5, 5.41) is 10.8. The molecule has 0 bridgehead atoms. The van der Waals surface area contributed by atoms with Crippen LogP contribution in [0.15, 0.2) is 52.2 Å². The molecule has 40 heavy (non-hydrogen) atoms. The van der Waals surface area contributed by atoms with Crippen molar-refractivity contribution in [2.24, 2.45) is 0 Å². The van der Waals surface area contributed by atoms with E-state index in [0.29, 0.717) is 9.90 Å². The van der Waals surface area contributed by atoms with Gasteiger partial charge in [0.15, 0.2) is 0 Å². The highest BCUT2D eigenvalue weighted by molar-refractivity contribution is 7.94. The largest absolute Gasteiger partial charge is 0.490 e. The summed E-state index contributed by atoms with van der Waals surface area (Å²) < 4.78 is 60.5. The summed E-state index contributed by atoms with van der Waals surface area (Å²) in [4.78, 5) is 20.8. The van der Waals surface area contributed by atoms with Crippen molar-refractivity contribution in [3.05, 3.63) is 52.9 Å². The molecule has 8 nitrogen and oxygen atoms in total. The zero-order valence-corrected chi connectivity index (χ0v) is 24.3. The SMILES string of the molecule is CC(C)N(c1cccc2cc(-c3ncc(CN4CCCCC4)s3)[nH]c12)S(=O)(=O)c1cccs1.O=C(O)C(F)(F)F. The van der Waals surface area contributed by atoms with Crippen molar-refractivity contribution in [3.8, 4) is 10.7 Å². The molecule has 0 aliphatic carbocycles. The number of aromatic amines is 1. The number of likely N-dealkylation sites (tertiary alicyclic amines) is 1. The molecular weight excluding hydrogens is 586 g/mol. The van der Waals surface area contributed by atoms with Crippen LogP contribution in [0.3, 0.4) is 0 Å². The Labute approximate surface area is 238 Å². The van der Waals surface area contributed by atoms with Crippen molar-refractivity contribution in [1.29, 1.82) is 0 Å². The Bertz CT molecular complexity index is 1540. The van der Waals surface area contributed by atoms with Gasteiger partial charge in [-0.05, 0) is 63.4 Å². The van der Waals surface area contributed by atoms with Crippen LogP contribution in [-0.2, 0) is 21.4 Å². The van der Waals surface area contributed by atoms with Gasteiger partial charge in [0.25, 0.3) is 10.0 Å². The van der Waals surface area contributed by atoms with E-state index in [2.05, 4.69) is 20.9 Å². The minimum absolute atomic E-state index is 0.231. The molecule has 1 aromatic carbocycles. The number of halogens is 3. The molecule has 14 heteroatoms. The summed E-state index contributed by atoms with van der Waals surface area (Å²) in [5.74, 6) is -2.76. The predicted octanol–water partition coefficient (Wildman–Crippen LogP) is 6.58. The van der Waals surface area contributed by atoms with E-state index >= 15 is 0 Å². The van der Waals surface area contributed by atoms with Crippen LogP contribution in [0.5, 0.6) is 0 Å².